The summed E-state index contributed by atoms with van der Waals surface area (Å²) in [5.41, 5.74) is 3.05. The highest BCUT2D eigenvalue weighted by molar-refractivity contribution is 5.71. The van der Waals surface area contributed by atoms with Gasteiger partial charge in [-0.25, -0.2) is 0 Å². The van der Waals surface area contributed by atoms with E-state index in [2.05, 4.69) is 36.1 Å². The lowest BCUT2D eigenvalue weighted by Crippen LogP contribution is -2.37. The van der Waals surface area contributed by atoms with Crippen LogP contribution in [0.3, 0.4) is 0 Å². The first-order valence-corrected chi connectivity index (χ1v) is 7.98. The number of phenols is 1. The van der Waals surface area contributed by atoms with Crippen molar-refractivity contribution in [2.45, 2.75) is 13.0 Å². The molecule has 1 heterocycles. The molecule has 1 unspecified atom stereocenters. The van der Waals surface area contributed by atoms with Crippen LogP contribution in [0.4, 0.5) is 0 Å². The molecule has 2 aromatic rings. The van der Waals surface area contributed by atoms with E-state index in [0.717, 1.165) is 43.2 Å². The summed E-state index contributed by atoms with van der Waals surface area (Å²) in [4.78, 5) is 2.43. The highest BCUT2D eigenvalue weighted by atomic mass is 16.5. The van der Waals surface area contributed by atoms with E-state index in [1.54, 1.807) is 19.2 Å². The van der Waals surface area contributed by atoms with E-state index in [-0.39, 0.29) is 5.75 Å². The molecule has 1 aliphatic rings. The van der Waals surface area contributed by atoms with Crippen molar-refractivity contribution in [2.24, 2.45) is 0 Å². The molecule has 1 N–H and O–H groups in total. The molecule has 0 bridgehead atoms. The third kappa shape index (κ3) is 3.49. The van der Waals surface area contributed by atoms with Crippen LogP contribution in [0.15, 0.2) is 42.5 Å². The number of methoxy groups -OCH3 is 1. The van der Waals surface area contributed by atoms with Gasteiger partial charge in [-0.2, -0.15) is 0 Å². The Hall–Kier alpha value is -2.04. The number of phenolic OH excluding ortho intramolecular Hbond substituents is 1. The minimum absolute atomic E-state index is 0.264. The van der Waals surface area contributed by atoms with Crippen LogP contribution >= 0.6 is 0 Å². The van der Waals surface area contributed by atoms with Crippen molar-refractivity contribution in [3.63, 3.8) is 0 Å². The van der Waals surface area contributed by atoms with Crippen LogP contribution in [0, 0.1) is 0 Å². The highest BCUT2D eigenvalue weighted by Gasteiger charge is 2.18. The van der Waals surface area contributed by atoms with Crippen LogP contribution in [0.5, 0.6) is 11.5 Å². The molecule has 1 aliphatic heterocycles. The first kappa shape index (κ1) is 15.8. The number of rotatable bonds is 4. The number of benzene rings is 2. The molecular formula is C19H23NO3. The Morgan fingerprint density at radius 3 is 2.43 bits per heavy atom. The van der Waals surface area contributed by atoms with Gasteiger partial charge in [0.2, 0.25) is 0 Å². The third-order valence-corrected chi connectivity index (χ3v) is 4.50. The maximum Gasteiger partial charge on any atom is 0.123 e. The summed E-state index contributed by atoms with van der Waals surface area (Å²) in [6, 6.07) is 14.0. The molecule has 1 fully saturated rings. The van der Waals surface area contributed by atoms with Gasteiger partial charge in [-0.15, -0.1) is 0 Å². The maximum absolute atomic E-state index is 10.1. The molecule has 2 aromatic carbocycles. The van der Waals surface area contributed by atoms with Gasteiger partial charge in [0.25, 0.3) is 0 Å². The second-order valence-corrected chi connectivity index (χ2v) is 5.83. The van der Waals surface area contributed by atoms with Gasteiger partial charge in [-0.05, 0) is 36.2 Å². The van der Waals surface area contributed by atoms with Gasteiger partial charge in [0.1, 0.15) is 11.5 Å². The summed E-state index contributed by atoms with van der Waals surface area (Å²) in [7, 11) is 1.63. The molecule has 4 nitrogen and oxygen atoms in total. The number of nitrogens with zero attached hydrogens (tertiary/aromatic N) is 1. The van der Waals surface area contributed by atoms with Crippen molar-refractivity contribution >= 4 is 0 Å². The topological polar surface area (TPSA) is 41.9 Å². The van der Waals surface area contributed by atoms with Crippen molar-refractivity contribution in [3.8, 4) is 22.6 Å². The van der Waals surface area contributed by atoms with Gasteiger partial charge in [0.15, 0.2) is 0 Å². The summed E-state index contributed by atoms with van der Waals surface area (Å²) in [5.74, 6) is 1.00. The lowest BCUT2D eigenvalue weighted by atomic mass is 9.99. The minimum Gasteiger partial charge on any atom is -0.507 e. The van der Waals surface area contributed by atoms with Crippen molar-refractivity contribution in [1.82, 2.24) is 4.90 Å². The zero-order valence-corrected chi connectivity index (χ0v) is 13.7. The lowest BCUT2D eigenvalue weighted by Gasteiger charge is -2.32. The normalized spacial score (nSPS) is 17.0. The average Bonchev–Trinajstić information content (AvgIpc) is 2.62. The standard InChI is InChI=1S/C19H23NO3/c1-14(20-9-11-23-12-10-20)15-3-5-16(6-4-15)18-13-17(22-2)7-8-19(18)21/h3-8,13-14,21H,9-12H2,1-2H3. The summed E-state index contributed by atoms with van der Waals surface area (Å²) < 4.78 is 10.7. The molecule has 0 radical (unpaired) electrons. The van der Waals surface area contributed by atoms with Crippen LogP contribution in [0.2, 0.25) is 0 Å². The molecule has 0 aromatic heterocycles. The number of hydrogen-bond acceptors (Lipinski definition) is 4. The lowest BCUT2D eigenvalue weighted by molar-refractivity contribution is 0.0198. The predicted octanol–water partition coefficient (Wildman–Crippen LogP) is 3.46. The third-order valence-electron chi connectivity index (χ3n) is 4.50. The minimum atomic E-state index is 0.264. The van der Waals surface area contributed by atoms with Crippen LogP contribution < -0.4 is 4.74 Å². The van der Waals surface area contributed by atoms with Crippen LogP contribution in [0.1, 0.15) is 18.5 Å². The molecule has 122 valence electrons. The van der Waals surface area contributed by atoms with Crippen molar-refractivity contribution < 1.29 is 14.6 Å². The van der Waals surface area contributed by atoms with Gasteiger partial charge in [-0.1, -0.05) is 24.3 Å². The van der Waals surface area contributed by atoms with E-state index in [1.807, 2.05) is 6.07 Å². The van der Waals surface area contributed by atoms with E-state index in [0.29, 0.717) is 6.04 Å². The molecule has 4 heteroatoms. The van der Waals surface area contributed by atoms with Gasteiger partial charge < -0.3 is 14.6 Å². The molecule has 1 atom stereocenters. The van der Waals surface area contributed by atoms with Crippen molar-refractivity contribution in [2.75, 3.05) is 33.4 Å². The van der Waals surface area contributed by atoms with Gasteiger partial charge in [-0.3, -0.25) is 4.90 Å². The number of ether oxygens (including phenoxy) is 2. The van der Waals surface area contributed by atoms with Crippen molar-refractivity contribution in [1.29, 1.82) is 0 Å². The second-order valence-electron chi connectivity index (χ2n) is 5.83. The quantitative estimate of drug-likeness (QED) is 0.938. The van der Waals surface area contributed by atoms with Gasteiger partial charge >= 0.3 is 0 Å². The SMILES string of the molecule is COc1ccc(O)c(-c2ccc(C(C)N3CCOCC3)cc2)c1. The maximum atomic E-state index is 10.1. The smallest absolute Gasteiger partial charge is 0.123 e. The Morgan fingerprint density at radius 2 is 1.78 bits per heavy atom. The molecule has 0 aliphatic carbocycles. The van der Waals surface area contributed by atoms with Crippen LogP contribution in [-0.2, 0) is 4.74 Å². The van der Waals surface area contributed by atoms with Gasteiger partial charge in [0, 0.05) is 24.7 Å². The predicted molar refractivity (Wildman–Crippen MR) is 90.9 cm³/mol. The monoisotopic (exact) mass is 313 g/mol. The van der Waals surface area contributed by atoms with E-state index in [9.17, 15) is 5.11 Å². The molecule has 0 saturated carbocycles. The van der Waals surface area contributed by atoms with E-state index < -0.39 is 0 Å². The number of aromatic hydroxyl groups is 1. The summed E-state index contributed by atoms with van der Waals surface area (Å²) in [6.07, 6.45) is 0. The highest BCUT2D eigenvalue weighted by Crippen LogP contribution is 2.33. The fraction of sp³-hybridized carbons (Fsp3) is 0.368. The van der Waals surface area contributed by atoms with E-state index in [1.165, 1.54) is 5.56 Å². The molecule has 1 saturated heterocycles. The summed E-state index contributed by atoms with van der Waals surface area (Å²) in [6.45, 7) is 5.78. The average molecular weight is 313 g/mol. The first-order chi connectivity index (χ1) is 11.2. The zero-order chi connectivity index (χ0) is 16.2. The van der Waals surface area contributed by atoms with Gasteiger partial charge in [0.05, 0.1) is 20.3 Å². The Bertz CT molecular complexity index is 648. The fourth-order valence-corrected chi connectivity index (χ4v) is 2.99. The molecular weight excluding hydrogens is 290 g/mol. The fourth-order valence-electron chi connectivity index (χ4n) is 2.99. The second kappa shape index (κ2) is 7.02. The Labute approximate surface area is 137 Å². The zero-order valence-electron chi connectivity index (χ0n) is 13.7. The Morgan fingerprint density at radius 1 is 1.09 bits per heavy atom. The molecule has 0 spiro atoms. The Kier molecular flexibility index (Phi) is 4.84. The number of hydrogen-bond donors (Lipinski definition) is 1. The molecule has 0 amide bonds. The number of morpholine rings is 1. The summed E-state index contributed by atoms with van der Waals surface area (Å²) in [5, 5.41) is 10.1. The van der Waals surface area contributed by atoms with Crippen LogP contribution in [-0.4, -0.2) is 43.4 Å². The van der Waals surface area contributed by atoms with Crippen LogP contribution in [0.25, 0.3) is 11.1 Å². The first-order valence-electron chi connectivity index (χ1n) is 7.98. The summed E-state index contributed by atoms with van der Waals surface area (Å²) >= 11 is 0. The largest absolute Gasteiger partial charge is 0.507 e. The molecule has 23 heavy (non-hydrogen) atoms. The van der Waals surface area contributed by atoms with E-state index >= 15 is 0 Å². The molecule has 3 rings (SSSR count). The Balaban J connectivity index is 1.81. The van der Waals surface area contributed by atoms with Crippen molar-refractivity contribution in [3.05, 3.63) is 48.0 Å². The van der Waals surface area contributed by atoms with E-state index in [4.69, 9.17) is 9.47 Å².